The number of aliphatic hydroxyl groups is 1. The average Bonchev–Trinajstić information content (AvgIpc) is 3.58. The van der Waals surface area contributed by atoms with Gasteiger partial charge in [0.25, 0.3) is 5.91 Å². The van der Waals surface area contributed by atoms with Gasteiger partial charge in [-0.15, -0.1) is 0 Å². The molecule has 0 saturated heterocycles. The van der Waals surface area contributed by atoms with Gasteiger partial charge in [-0.05, 0) is 48.1 Å². The van der Waals surface area contributed by atoms with Crippen LogP contribution in [0.1, 0.15) is 68.4 Å². The van der Waals surface area contributed by atoms with Crippen LogP contribution in [0.15, 0.2) is 90.3 Å². The molecular weight excluding hydrogens is 777 g/mol. The molecule has 2 N–H and O–H groups in total. The lowest BCUT2D eigenvalue weighted by Gasteiger charge is -2.37. The summed E-state index contributed by atoms with van der Waals surface area (Å²) in [7, 11) is 0. The number of alkyl halides is 5. The summed E-state index contributed by atoms with van der Waals surface area (Å²) in [4.78, 5) is 39.4. The van der Waals surface area contributed by atoms with Crippen LogP contribution < -0.4 is 5.32 Å². The molecule has 2 atom stereocenters. The average molecular weight is 812 g/mol. The standard InChI is InChI=1S/C38H35ClF5N9O4/c1-36(2,38(42,43)44)20-37(25-11-8-23(9-12-25)29-17-46-53(50-29)26-13-14-26)32(55)51(34(49-37)48-35(56)57-19-22-6-4-3-5-7-22)30(18-54)24-10-15-28(39)27(16-24)31-45-21-47-52(31)33(40)41/h3-12,15-17,21,26,30,33,54H,13-14,18-20H2,1-2H3,(H,48,49,56)/t30-,37-/m1/s1. The normalized spacial score (nSPS) is 17.9. The minimum atomic E-state index is -4.82. The van der Waals surface area contributed by atoms with Crippen LogP contribution >= 0.6 is 11.6 Å². The molecule has 57 heavy (non-hydrogen) atoms. The number of halogens is 6. The van der Waals surface area contributed by atoms with Gasteiger partial charge in [-0.25, -0.2) is 14.8 Å². The van der Waals surface area contributed by atoms with E-state index < -0.39 is 60.7 Å². The van der Waals surface area contributed by atoms with Crippen molar-refractivity contribution in [3.63, 3.8) is 0 Å². The second-order valence-corrected chi connectivity index (χ2v) is 14.7. The zero-order valence-corrected chi connectivity index (χ0v) is 31.1. The first-order valence-corrected chi connectivity index (χ1v) is 18.1. The van der Waals surface area contributed by atoms with Crippen molar-refractivity contribution in [2.75, 3.05) is 6.61 Å². The summed E-state index contributed by atoms with van der Waals surface area (Å²) in [6, 6.07) is 17.4. The number of ether oxygens (including phenoxy) is 1. The molecule has 3 aromatic carbocycles. The molecule has 2 aliphatic rings. The van der Waals surface area contributed by atoms with E-state index in [1.165, 1.54) is 30.3 Å². The summed E-state index contributed by atoms with van der Waals surface area (Å²) in [6.45, 7) is -2.32. The van der Waals surface area contributed by atoms with Crippen LogP contribution in [0.25, 0.3) is 22.6 Å². The number of benzene rings is 3. The van der Waals surface area contributed by atoms with E-state index in [4.69, 9.17) is 16.3 Å². The highest BCUT2D eigenvalue weighted by atomic mass is 35.5. The molecule has 0 bridgehead atoms. The number of carbonyl (C=O) groups excluding carboxylic acids is 2. The Kier molecular flexibility index (Phi) is 10.6. The van der Waals surface area contributed by atoms with Gasteiger partial charge in [-0.2, -0.15) is 46.7 Å². The molecule has 1 aliphatic carbocycles. The Labute approximate surface area is 327 Å². The Bertz CT molecular complexity index is 2300. The Hall–Kier alpha value is -5.75. The summed E-state index contributed by atoms with van der Waals surface area (Å²) in [5, 5.41) is 25.7. The minimum Gasteiger partial charge on any atom is -0.444 e. The molecule has 3 heterocycles. The summed E-state index contributed by atoms with van der Waals surface area (Å²) in [6.07, 6.45) is -2.51. The predicted molar refractivity (Wildman–Crippen MR) is 195 cm³/mol. The van der Waals surface area contributed by atoms with E-state index in [9.17, 15) is 31.9 Å². The summed E-state index contributed by atoms with van der Waals surface area (Å²) >= 11 is 6.42. The lowest BCUT2D eigenvalue weighted by molar-refractivity contribution is -0.218. The highest BCUT2D eigenvalue weighted by Crippen LogP contribution is 2.51. The molecule has 0 spiro atoms. The van der Waals surface area contributed by atoms with Crippen LogP contribution in [0.3, 0.4) is 0 Å². The molecule has 1 saturated carbocycles. The first-order chi connectivity index (χ1) is 27.1. The first-order valence-electron chi connectivity index (χ1n) is 17.7. The number of aliphatic hydroxyl groups excluding tert-OH is 1. The van der Waals surface area contributed by atoms with E-state index in [-0.39, 0.29) is 40.2 Å². The van der Waals surface area contributed by atoms with E-state index in [0.717, 1.165) is 37.9 Å². The lowest BCUT2D eigenvalue weighted by atomic mass is 9.74. The SMILES string of the molecule is CC(C)(C[C@]1(c2ccc(-c3cnn(C4CC4)n3)cc2)N=C(NC(=O)OCc2ccccc2)N([C@H](CO)c2ccc(Cl)c(-c3ncnn3C(F)F)c2)C1=O)C(F)(F)F. The van der Waals surface area contributed by atoms with Gasteiger partial charge in [0, 0.05) is 11.1 Å². The number of nitrogens with one attached hydrogen (secondary N) is 1. The quantitative estimate of drug-likeness (QED) is 0.122. The van der Waals surface area contributed by atoms with E-state index in [1.807, 2.05) is 0 Å². The van der Waals surface area contributed by atoms with E-state index in [2.05, 4.69) is 30.6 Å². The van der Waals surface area contributed by atoms with Crippen molar-refractivity contribution >= 4 is 29.6 Å². The van der Waals surface area contributed by atoms with Crippen molar-refractivity contribution in [3.05, 3.63) is 107 Å². The number of hydrogen-bond acceptors (Lipinski definition) is 9. The van der Waals surface area contributed by atoms with E-state index in [1.54, 1.807) is 53.5 Å². The Morgan fingerprint density at radius 3 is 2.42 bits per heavy atom. The second kappa shape index (κ2) is 15.3. The highest BCUT2D eigenvalue weighted by Gasteiger charge is 2.59. The summed E-state index contributed by atoms with van der Waals surface area (Å²) in [5.41, 5.74) is -3.09. The molecule has 13 nitrogen and oxygen atoms in total. The summed E-state index contributed by atoms with van der Waals surface area (Å²) < 4.78 is 77.5. The summed E-state index contributed by atoms with van der Waals surface area (Å²) in [5.74, 6) is -1.90. The third kappa shape index (κ3) is 7.83. The monoisotopic (exact) mass is 811 g/mol. The first kappa shape index (κ1) is 39.5. The van der Waals surface area contributed by atoms with Crippen LogP contribution in [0.4, 0.5) is 26.7 Å². The minimum absolute atomic E-state index is 0.0341. The number of aliphatic imine (C=N–C) groups is 1. The lowest BCUT2D eigenvalue weighted by Crippen LogP contribution is -2.50. The largest absolute Gasteiger partial charge is 0.444 e. The van der Waals surface area contributed by atoms with Gasteiger partial charge in [0.05, 0.1) is 35.3 Å². The molecule has 2 aromatic heterocycles. The van der Waals surface area contributed by atoms with Gasteiger partial charge in [0.15, 0.2) is 11.4 Å². The Morgan fingerprint density at radius 1 is 1.05 bits per heavy atom. The van der Waals surface area contributed by atoms with Crippen molar-refractivity contribution in [3.8, 4) is 22.6 Å². The zero-order chi connectivity index (χ0) is 40.7. The van der Waals surface area contributed by atoms with Crippen molar-refractivity contribution in [2.24, 2.45) is 10.4 Å². The van der Waals surface area contributed by atoms with Crippen molar-refractivity contribution < 1.29 is 41.4 Å². The highest BCUT2D eigenvalue weighted by molar-refractivity contribution is 6.33. The second-order valence-electron chi connectivity index (χ2n) is 14.3. The Morgan fingerprint density at radius 2 is 1.77 bits per heavy atom. The molecule has 5 aromatic rings. The number of nitrogens with zero attached hydrogens (tertiary/aromatic N) is 8. The molecule has 1 aliphatic heterocycles. The molecule has 0 radical (unpaired) electrons. The van der Waals surface area contributed by atoms with Gasteiger partial charge in [0.1, 0.15) is 18.6 Å². The van der Waals surface area contributed by atoms with Gasteiger partial charge >= 0.3 is 18.8 Å². The number of rotatable bonds is 12. The fourth-order valence-corrected chi connectivity index (χ4v) is 6.80. The number of guanidine groups is 1. The van der Waals surface area contributed by atoms with Crippen LogP contribution in [0.5, 0.6) is 0 Å². The van der Waals surface area contributed by atoms with Crippen LogP contribution in [0.2, 0.25) is 5.02 Å². The number of amides is 2. The number of alkyl carbamates (subject to hydrolysis) is 1. The van der Waals surface area contributed by atoms with Crippen molar-refractivity contribution in [1.82, 2.24) is 40.0 Å². The molecule has 298 valence electrons. The molecule has 19 heteroatoms. The van der Waals surface area contributed by atoms with Gasteiger partial charge < -0.3 is 9.84 Å². The zero-order valence-electron chi connectivity index (χ0n) is 30.4. The molecule has 7 rings (SSSR count). The molecule has 2 amide bonds. The molecule has 1 fully saturated rings. The predicted octanol–water partition coefficient (Wildman–Crippen LogP) is 7.62. The topological polar surface area (TPSA) is 153 Å². The number of aromatic nitrogens is 6. The van der Waals surface area contributed by atoms with E-state index >= 15 is 4.79 Å². The van der Waals surface area contributed by atoms with Crippen LogP contribution in [-0.4, -0.2) is 70.5 Å². The van der Waals surface area contributed by atoms with Crippen molar-refractivity contribution in [2.45, 2.75) is 70.1 Å². The third-order valence-corrected chi connectivity index (χ3v) is 10.2. The fraction of sp³-hybridized carbons (Fsp3) is 0.342. The fourth-order valence-electron chi connectivity index (χ4n) is 6.60. The van der Waals surface area contributed by atoms with E-state index in [0.29, 0.717) is 21.5 Å². The van der Waals surface area contributed by atoms with Crippen molar-refractivity contribution in [1.29, 1.82) is 0 Å². The van der Waals surface area contributed by atoms with Gasteiger partial charge in [-0.1, -0.05) is 86.1 Å². The third-order valence-electron chi connectivity index (χ3n) is 9.89. The molecular formula is C38H35ClF5N9O4. The smallest absolute Gasteiger partial charge is 0.414 e. The van der Waals surface area contributed by atoms with Crippen LogP contribution in [-0.2, 0) is 21.7 Å². The van der Waals surface area contributed by atoms with Gasteiger partial charge in [0.2, 0.25) is 5.96 Å². The molecule has 0 unspecified atom stereocenters. The number of hydrogen-bond donors (Lipinski definition) is 2. The van der Waals surface area contributed by atoms with Crippen LogP contribution in [0, 0.1) is 5.41 Å². The maximum absolute atomic E-state index is 15.1. The maximum atomic E-state index is 15.1. The Balaban J connectivity index is 1.33. The van der Waals surface area contributed by atoms with Gasteiger partial charge in [-0.3, -0.25) is 15.0 Å². The maximum Gasteiger partial charge on any atom is 0.414 e. The number of carbonyl (C=O) groups is 2.